The van der Waals surface area contributed by atoms with Gasteiger partial charge >= 0.3 is 0 Å². The Labute approximate surface area is 173 Å². The van der Waals surface area contributed by atoms with Gasteiger partial charge in [0.2, 0.25) is 0 Å². The molecule has 0 saturated carbocycles. The number of hydrogen-bond acceptors (Lipinski definition) is 5. The third kappa shape index (κ3) is 3.88. The zero-order valence-corrected chi connectivity index (χ0v) is 17.5. The molecule has 0 bridgehead atoms. The minimum Gasteiger partial charge on any atom is -0.492 e. The second-order valence-corrected chi connectivity index (χ2v) is 8.07. The van der Waals surface area contributed by atoms with Crippen molar-refractivity contribution < 1.29 is 9.13 Å². The van der Waals surface area contributed by atoms with E-state index in [1.807, 2.05) is 43.2 Å². The highest BCUT2D eigenvalue weighted by molar-refractivity contribution is 7.09. The van der Waals surface area contributed by atoms with Crippen LogP contribution in [0.5, 0.6) is 5.75 Å². The van der Waals surface area contributed by atoms with Crippen molar-refractivity contribution in [2.24, 2.45) is 12.8 Å². The molecule has 0 aliphatic carbocycles. The van der Waals surface area contributed by atoms with Crippen molar-refractivity contribution in [1.82, 2.24) is 14.8 Å². The van der Waals surface area contributed by atoms with Gasteiger partial charge in [-0.25, -0.2) is 9.37 Å². The Kier molecular flexibility index (Phi) is 5.34. The number of aromatic nitrogens is 3. The molecule has 4 aromatic rings. The summed E-state index contributed by atoms with van der Waals surface area (Å²) in [5.41, 5.74) is 12.6. The number of nitrogens with zero attached hydrogens (tertiary/aromatic N) is 3. The lowest BCUT2D eigenvalue weighted by Gasteiger charge is -2.12. The molecular formula is C22H23FN4OS. The fraction of sp³-hybridized carbons (Fsp3) is 0.273. The Morgan fingerprint density at radius 1 is 1.24 bits per heavy atom. The van der Waals surface area contributed by atoms with Crippen molar-refractivity contribution >= 4 is 22.2 Å². The molecule has 0 radical (unpaired) electrons. The molecule has 0 saturated heterocycles. The Morgan fingerprint density at radius 3 is 2.79 bits per heavy atom. The third-order valence-corrected chi connectivity index (χ3v) is 5.99. The van der Waals surface area contributed by atoms with Crippen molar-refractivity contribution in [1.29, 1.82) is 0 Å². The standard InChI is InChI=1S/C22H23FN4OS/c1-13(24)22-18-10-15(4-7-19(18)27(3)26-22)17-6-5-16(23)11-20(17)28-9-8-21-14(2)25-12-29-21/h4-7,10-13H,8-9,24H2,1-3H3. The normalized spacial score (nSPS) is 12.4. The van der Waals surface area contributed by atoms with Crippen LogP contribution in [0.2, 0.25) is 0 Å². The van der Waals surface area contributed by atoms with E-state index in [1.165, 1.54) is 17.0 Å². The fourth-order valence-corrected chi connectivity index (χ4v) is 4.23. The van der Waals surface area contributed by atoms with Gasteiger partial charge in [0.1, 0.15) is 11.6 Å². The van der Waals surface area contributed by atoms with E-state index in [1.54, 1.807) is 17.4 Å². The molecule has 2 heterocycles. The maximum atomic E-state index is 13.9. The maximum absolute atomic E-state index is 13.9. The second-order valence-electron chi connectivity index (χ2n) is 7.13. The Balaban J connectivity index is 1.67. The van der Waals surface area contributed by atoms with Crippen LogP contribution in [0.4, 0.5) is 4.39 Å². The van der Waals surface area contributed by atoms with E-state index in [0.717, 1.165) is 39.8 Å². The molecule has 0 fully saturated rings. The summed E-state index contributed by atoms with van der Waals surface area (Å²) < 4.78 is 21.8. The van der Waals surface area contributed by atoms with E-state index < -0.39 is 0 Å². The minimum atomic E-state index is -0.323. The summed E-state index contributed by atoms with van der Waals surface area (Å²) in [6.07, 6.45) is 0.739. The maximum Gasteiger partial charge on any atom is 0.130 e. The zero-order chi connectivity index (χ0) is 20.5. The first-order valence-corrected chi connectivity index (χ1v) is 10.4. The lowest BCUT2D eigenvalue weighted by molar-refractivity contribution is 0.322. The Morgan fingerprint density at radius 2 is 2.07 bits per heavy atom. The molecule has 150 valence electrons. The van der Waals surface area contributed by atoms with E-state index >= 15 is 0 Å². The average molecular weight is 411 g/mol. The number of nitrogens with two attached hydrogens (primary N) is 1. The van der Waals surface area contributed by atoms with Gasteiger partial charge in [0.05, 0.1) is 29.0 Å². The van der Waals surface area contributed by atoms with Crippen molar-refractivity contribution in [2.75, 3.05) is 6.61 Å². The molecule has 5 nitrogen and oxygen atoms in total. The summed E-state index contributed by atoms with van der Waals surface area (Å²) in [6, 6.07) is 10.5. The zero-order valence-electron chi connectivity index (χ0n) is 16.6. The van der Waals surface area contributed by atoms with Gasteiger partial charge < -0.3 is 10.5 Å². The smallest absolute Gasteiger partial charge is 0.130 e. The van der Waals surface area contributed by atoms with Crippen molar-refractivity contribution in [3.8, 4) is 16.9 Å². The molecule has 0 aliphatic rings. The van der Waals surface area contributed by atoms with Crippen LogP contribution in [0, 0.1) is 12.7 Å². The van der Waals surface area contributed by atoms with Crippen LogP contribution in [-0.4, -0.2) is 21.4 Å². The van der Waals surface area contributed by atoms with Gasteiger partial charge in [-0.05, 0) is 43.7 Å². The van der Waals surface area contributed by atoms with Crippen LogP contribution in [0.3, 0.4) is 0 Å². The summed E-state index contributed by atoms with van der Waals surface area (Å²) in [5.74, 6) is 0.203. The van der Waals surface area contributed by atoms with Crippen LogP contribution >= 0.6 is 11.3 Å². The molecule has 2 aromatic heterocycles. The van der Waals surface area contributed by atoms with Gasteiger partial charge in [-0.1, -0.05) is 6.07 Å². The van der Waals surface area contributed by atoms with Gasteiger partial charge in [0.15, 0.2) is 0 Å². The molecule has 7 heteroatoms. The summed E-state index contributed by atoms with van der Waals surface area (Å²) in [6.45, 7) is 4.36. The Bertz CT molecular complexity index is 1170. The molecule has 2 aromatic carbocycles. The molecule has 0 spiro atoms. The lowest BCUT2D eigenvalue weighted by Crippen LogP contribution is -2.06. The molecule has 0 amide bonds. The van der Waals surface area contributed by atoms with Crippen LogP contribution in [-0.2, 0) is 13.5 Å². The van der Waals surface area contributed by atoms with Crippen LogP contribution < -0.4 is 10.5 Å². The SMILES string of the molecule is Cc1ncsc1CCOc1cc(F)ccc1-c1ccc2c(c1)c(C(C)N)nn2C. The van der Waals surface area contributed by atoms with Crippen LogP contribution in [0.15, 0.2) is 41.9 Å². The third-order valence-electron chi connectivity index (χ3n) is 5.00. The average Bonchev–Trinajstić information content (AvgIpc) is 3.25. The fourth-order valence-electron chi connectivity index (χ4n) is 3.47. The first kappa shape index (κ1) is 19.5. The molecule has 2 N–H and O–H groups in total. The largest absolute Gasteiger partial charge is 0.492 e. The topological polar surface area (TPSA) is 66.0 Å². The number of halogens is 1. The van der Waals surface area contributed by atoms with E-state index in [4.69, 9.17) is 10.5 Å². The van der Waals surface area contributed by atoms with Gasteiger partial charge in [0, 0.05) is 41.4 Å². The van der Waals surface area contributed by atoms with E-state index in [0.29, 0.717) is 12.4 Å². The highest BCUT2D eigenvalue weighted by atomic mass is 32.1. The molecule has 29 heavy (non-hydrogen) atoms. The summed E-state index contributed by atoms with van der Waals surface area (Å²) in [4.78, 5) is 5.44. The van der Waals surface area contributed by atoms with E-state index in [2.05, 4.69) is 16.1 Å². The predicted octanol–water partition coefficient (Wildman–Crippen LogP) is 4.79. The van der Waals surface area contributed by atoms with Gasteiger partial charge in [0.25, 0.3) is 0 Å². The van der Waals surface area contributed by atoms with E-state index in [9.17, 15) is 4.39 Å². The highest BCUT2D eigenvalue weighted by Gasteiger charge is 2.15. The Hall–Kier alpha value is -2.77. The van der Waals surface area contributed by atoms with Gasteiger partial charge in [-0.3, -0.25) is 4.68 Å². The molecule has 0 aliphatic heterocycles. The number of thiazole rings is 1. The van der Waals surface area contributed by atoms with Gasteiger partial charge in [-0.15, -0.1) is 11.3 Å². The van der Waals surface area contributed by atoms with Crippen molar-refractivity contribution in [2.45, 2.75) is 26.3 Å². The minimum absolute atomic E-state index is 0.180. The number of benzene rings is 2. The van der Waals surface area contributed by atoms with Crippen molar-refractivity contribution in [3.05, 3.63) is 64.0 Å². The summed E-state index contributed by atoms with van der Waals surface area (Å²) in [7, 11) is 1.90. The number of aryl methyl sites for hydroxylation is 2. The monoisotopic (exact) mass is 410 g/mol. The highest BCUT2D eigenvalue weighted by Crippen LogP contribution is 2.34. The van der Waals surface area contributed by atoms with E-state index in [-0.39, 0.29) is 11.9 Å². The van der Waals surface area contributed by atoms with Crippen LogP contribution in [0.1, 0.15) is 29.2 Å². The lowest BCUT2D eigenvalue weighted by atomic mass is 10.0. The first-order valence-electron chi connectivity index (χ1n) is 9.48. The predicted molar refractivity (Wildman–Crippen MR) is 115 cm³/mol. The molecule has 4 rings (SSSR count). The quantitative estimate of drug-likeness (QED) is 0.497. The first-order chi connectivity index (χ1) is 13.9. The number of hydrogen-bond donors (Lipinski definition) is 1. The number of fused-ring (bicyclic) bond motifs is 1. The number of ether oxygens (including phenoxy) is 1. The molecular weight excluding hydrogens is 387 g/mol. The van der Waals surface area contributed by atoms with Crippen LogP contribution in [0.25, 0.3) is 22.0 Å². The molecule has 1 unspecified atom stereocenters. The summed E-state index contributed by atoms with van der Waals surface area (Å²) >= 11 is 1.61. The second kappa shape index (κ2) is 7.93. The van der Waals surface area contributed by atoms with Gasteiger partial charge in [-0.2, -0.15) is 5.10 Å². The number of rotatable bonds is 6. The molecule has 1 atom stereocenters. The summed E-state index contributed by atoms with van der Waals surface area (Å²) in [5, 5.41) is 5.54. The van der Waals surface area contributed by atoms with Crippen molar-refractivity contribution in [3.63, 3.8) is 0 Å².